The molecule has 0 unspecified atom stereocenters. The van der Waals surface area contributed by atoms with Crippen LogP contribution < -0.4 is 16.4 Å². The topological polar surface area (TPSA) is 219 Å². The molecule has 3 aromatic carbocycles. The predicted molar refractivity (Wildman–Crippen MR) is 222 cm³/mol. The lowest BCUT2D eigenvalue weighted by atomic mass is 9.80. The van der Waals surface area contributed by atoms with Crippen molar-refractivity contribution in [2.24, 2.45) is 11.1 Å². The highest BCUT2D eigenvalue weighted by Crippen LogP contribution is 2.46. The van der Waals surface area contributed by atoms with Gasteiger partial charge in [-0.3, -0.25) is 19.3 Å². The molecule has 4 aliphatic heterocycles. The van der Waals surface area contributed by atoms with E-state index >= 15 is 0 Å². The molecule has 5 N–H and O–H groups in total. The number of rotatable bonds is 13. The number of nitrogen functional groups attached to an aromatic ring is 1. The van der Waals surface area contributed by atoms with Gasteiger partial charge in [0.25, 0.3) is 11.8 Å². The minimum Gasteiger partial charge on any atom is -0.477 e. The normalized spacial score (nSPS) is 20.0. The number of benzene rings is 3. The summed E-state index contributed by atoms with van der Waals surface area (Å²) in [6.45, 7) is 4.34. The number of nitrogens with one attached hydrogen (secondary N) is 2. The molecule has 8 rings (SSSR count). The monoisotopic (exact) mass is 846 g/mol. The van der Waals surface area contributed by atoms with Crippen molar-refractivity contribution in [2.45, 2.75) is 23.4 Å². The molecule has 18 heteroatoms. The summed E-state index contributed by atoms with van der Waals surface area (Å²) in [5.41, 5.74) is 7.29. The molecule has 3 fully saturated rings. The number of ether oxygens (including phenoxy) is 1. The molecule has 0 saturated carbocycles. The molecule has 0 aliphatic carbocycles. The summed E-state index contributed by atoms with van der Waals surface area (Å²) in [7, 11) is 0. The molecule has 16 nitrogen and oxygen atoms in total. The van der Waals surface area contributed by atoms with Crippen molar-refractivity contribution in [2.75, 3.05) is 37.7 Å². The number of thioether (sulfide) groups is 1. The molecule has 4 aliphatic rings. The standard InChI is InChI=1S/C42H38N8O8S2/c1-2-20-57-41(56)49-21-24(22-49)30(28-18-19-44-35(28)51)29-23-59-38-32(37(53)50(38)33(29)39(54)55)45-36(52)31(34-46-40(43)60-48-34)47-58-42(25-12-6-3-7-13-25,26-14-8-4-9-15-26)27-16-10-5-11-17-27/h2-17,24,32,38H,1,18-23H2,(H,44,51)(H,45,52)(H,54,55)(H2,43,46,48)/t32-,38-/m1/s1. The zero-order valence-corrected chi connectivity index (χ0v) is 33.5. The number of amides is 4. The van der Waals surface area contributed by atoms with Crippen molar-refractivity contribution in [3.8, 4) is 0 Å². The van der Waals surface area contributed by atoms with E-state index in [9.17, 15) is 29.1 Å². The summed E-state index contributed by atoms with van der Waals surface area (Å²) in [5, 5.41) is 19.9. The molecule has 3 saturated heterocycles. The summed E-state index contributed by atoms with van der Waals surface area (Å²) in [6.07, 6.45) is 1.25. The quantitative estimate of drug-likeness (QED) is 0.0379. The Kier molecular flexibility index (Phi) is 11.2. The number of anilines is 1. The van der Waals surface area contributed by atoms with E-state index in [1.54, 1.807) is 0 Å². The number of oxime groups is 1. The fourth-order valence-electron chi connectivity index (χ4n) is 7.83. The van der Waals surface area contributed by atoms with Gasteiger partial charge in [0.05, 0.1) is 0 Å². The van der Waals surface area contributed by atoms with Gasteiger partial charge in [0.1, 0.15) is 23.7 Å². The lowest BCUT2D eigenvalue weighted by Crippen LogP contribution is -2.71. The van der Waals surface area contributed by atoms with Crippen molar-refractivity contribution >= 4 is 63.9 Å². The second kappa shape index (κ2) is 16.8. The Morgan fingerprint density at radius 3 is 2.13 bits per heavy atom. The maximum absolute atomic E-state index is 14.3. The number of carboxylic acids is 1. The van der Waals surface area contributed by atoms with Crippen LogP contribution in [0.4, 0.5) is 9.93 Å². The van der Waals surface area contributed by atoms with Gasteiger partial charge < -0.3 is 35.9 Å². The average Bonchev–Trinajstić information content (AvgIpc) is 3.89. The highest BCUT2D eigenvalue weighted by Gasteiger charge is 2.56. The van der Waals surface area contributed by atoms with Crippen LogP contribution in [0.1, 0.15) is 28.9 Å². The Morgan fingerprint density at radius 1 is 1.00 bits per heavy atom. The second-order valence-corrected chi connectivity index (χ2v) is 16.0. The summed E-state index contributed by atoms with van der Waals surface area (Å²) < 4.78 is 9.41. The molecule has 0 radical (unpaired) electrons. The molecule has 2 atom stereocenters. The van der Waals surface area contributed by atoms with Crippen LogP contribution in [0.5, 0.6) is 0 Å². The van der Waals surface area contributed by atoms with Gasteiger partial charge in [-0.15, -0.1) is 11.8 Å². The third-order valence-corrected chi connectivity index (χ3v) is 12.4. The zero-order valence-electron chi connectivity index (χ0n) is 31.9. The first-order chi connectivity index (χ1) is 29.1. The first kappa shape index (κ1) is 40.0. The summed E-state index contributed by atoms with van der Waals surface area (Å²) in [4.78, 5) is 80.4. The molecule has 0 bridgehead atoms. The highest BCUT2D eigenvalue weighted by atomic mass is 32.2. The van der Waals surface area contributed by atoms with Gasteiger partial charge >= 0.3 is 12.1 Å². The van der Waals surface area contributed by atoms with Crippen molar-refractivity contribution in [3.63, 3.8) is 0 Å². The van der Waals surface area contributed by atoms with Crippen LogP contribution in [0.2, 0.25) is 0 Å². The number of β-lactam (4-membered cyclic amide) rings is 1. The molecule has 4 aromatic rings. The molecule has 4 amide bonds. The Bertz CT molecular complexity index is 2360. The number of hydrogen-bond acceptors (Lipinski definition) is 13. The number of nitrogens with two attached hydrogens (primary N) is 1. The largest absolute Gasteiger partial charge is 0.477 e. The maximum atomic E-state index is 14.3. The van der Waals surface area contributed by atoms with Crippen LogP contribution in [0, 0.1) is 5.92 Å². The SMILES string of the molecule is C=CCOC(=O)N1CC(C(=C2CCNC2=O)C2=C(C(=O)O)N3C(=O)[C@@H](NC(=O)C(=NOC(c4ccccc4)(c4ccccc4)c4ccccc4)c4nsc(N)n4)[C@H]3SC2)C1. The lowest BCUT2D eigenvalue weighted by Gasteiger charge is -2.50. The van der Waals surface area contributed by atoms with Gasteiger partial charge in [0, 0.05) is 65.1 Å². The number of hydrogen-bond donors (Lipinski definition) is 4. The minimum atomic E-state index is -1.37. The predicted octanol–water partition coefficient (Wildman–Crippen LogP) is 3.64. The Hall–Kier alpha value is -6.79. The summed E-state index contributed by atoms with van der Waals surface area (Å²) in [6, 6.07) is 27.0. The molecular weight excluding hydrogens is 809 g/mol. The van der Waals surface area contributed by atoms with Crippen molar-refractivity contribution in [1.29, 1.82) is 0 Å². The van der Waals surface area contributed by atoms with Crippen LogP contribution in [-0.2, 0) is 34.4 Å². The van der Waals surface area contributed by atoms with E-state index in [4.69, 9.17) is 15.3 Å². The Balaban J connectivity index is 1.11. The van der Waals surface area contributed by atoms with Gasteiger partial charge in [-0.2, -0.15) is 9.36 Å². The van der Waals surface area contributed by atoms with Crippen LogP contribution in [0.15, 0.2) is 131 Å². The number of carbonyl (C=O) groups is 5. The smallest absolute Gasteiger partial charge is 0.410 e. The van der Waals surface area contributed by atoms with Crippen LogP contribution in [-0.4, -0.2) is 103 Å². The van der Waals surface area contributed by atoms with Crippen LogP contribution >= 0.6 is 23.3 Å². The molecular formula is C42H38N8O8S2. The fourth-order valence-corrected chi connectivity index (χ4v) is 9.63. The van der Waals surface area contributed by atoms with Gasteiger partial charge in [-0.1, -0.05) is 109 Å². The third-order valence-electron chi connectivity index (χ3n) is 10.6. The van der Waals surface area contributed by atoms with Gasteiger partial charge in [0.15, 0.2) is 5.13 Å². The molecule has 5 heterocycles. The van der Waals surface area contributed by atoms with E-state index in [0.717, 1.165) is 16.4 Å². The van der Waals surface area contributed by atoms with Crippen molar-refractivity contribution in [3.05, 3.63) is 149 Å². The minimum absolute atomic E-state index is 0.0298. The Labute approximate surface area is 352 Å². The van der Waals surface area contributed by atoms with Crippen molar-refractivity contribution in [1.82, 2.24) is 29.8 Å². The molecule has 306 valence electrons. The number of carboxylic acid groups (broad SMARTS) is 1. The molecule has 1 aromatic heterocycles. The van der Waals surface area contributed by atoms with E-state index in [2.05, 4.69) is 31.7 Å². The number of aromatic nitrogens is 2. The second-order valence-electron chi connectivity index (χ2n) is 14.1. The third kappa shape index (κ3) is 7.28. The van der Waals surface area contributed by atoms with Crippen LogP contribution in [0.3, 0.4) is 0 Å². The van der Waals surface area contributed by atoms with Crippen LogP contribution in [0.25, 0.3) is 0 Å². The van der Waals surface area contributed by atoms with E-state index in [-0.39, 0.29) is 59.6 Å². The number of carbonyl (C=O) groups excluding carboxylic acids is 4. The highest BCUT2D eigenvalue weighted by molar-refractivity contribution is 8.00. The number of fused-ring (bicyclic) bond motifs is 1. The van der Waals surface area contributed by atoms with Crippen molar-refractivity contribution < 1.29 is 38.7 Å². The molecule has 60 heavy (non-hydrogen) atoms. The fraction of sp³-hybridized carbons (Fsp3) is 0.238. The maximum Gasteiger partial charge on any atom is 0.410 e. The average molecular weight is 847 g/mol. The number of likely N-dealkylation sites (tertiary alicyclic amines) is 1. The summed E-state index contributed by atoms with van der Waals surface area (Å²) in [5.74, 6) is -3.65. The van der Waals surface area contributed by atoms with Gasteiger partial charge in [0.2, 0.25) is 23.0 Å². The van der Waals surface area contributed by atoms with Gasteiger partial charge in [-0.25, -0.2) is 9.59 Å². The Morgan fingerprint density at radius 2 is 1.62 bits per heavy atom. The zero-order chi connectivity index (χ0) is 42.0. The van der Waals surface area contributed by atoms with E-state index < -0.39 is 40.9 Å². The number of nitrogens with zero attached hydrogens (tertiary/aromatic N) is 5. The van der Waals surface area contributed by atoms with E-state index in [1.165, 1.54) is 22.7 Å². The number of aliphatic carboxylic acids is 1. The van der Waals surface area contributed by atoms with E-state index in [1.807, 2.05) is 91.0 Å². The first-order valence-electron chi connectivity index (χ1n) is 18.9. The summed E-state index contributed by atoms with van der Waals surface area (Å²) >= 11 is 2.09. The first-order valence-corrected chi connectivity index (χ1v) is 20.7. The van der Waals surface area contributed by atoms with Gasteiger partial charge in [-0.05, 0) is 17.6 Å². The van der Waals surface area contributed by atoms with E-state index in [0.29, 0.717) is 46.4 Å². The lowest BCUT2D eigenvalue weighted by molar-refractivity contribution is -0.150. The molecule has 0 spiro atoms.